The Morgan fingerprint density at radius 1 is 1.16 bits per heavy atom. The Labute approximate surface area is 111 Å². The van der Waals surface area contributed by atoms with E-state index in [2.05, 4.69) is 28.3 Å². The average Bonchev–Trinajstić information content (AvgIpc) is 2.82. The van der Waals surface area contributed by atoms with E-state index in [9.17, 15) is 0 Å². The number of fused-ring (bicyclic) bond motifs is 1. The molecule has 96 valence electrons. The number of furan rings is 1. The van der Waals surface area contributed by atoms with Gasteiger partial charge in [0.15, 0.2) is 0 Å². The van der Waals surface area contributed by atoms with Gasteiger partial charge in [-0.2, -0.15) is 0 Å². The third-order valence-corrected chi connectivity index (χ3v) is 3.04. The third-order valence-electron chi connectivity index (χ3n) is 3.04. The van der Waals surface area contributed by atoms with Crippen molar-refractivity contribution in [3.05, 3.63) is 54.2 Å². The van der Waals surface area contributed by atoms with E-state index in [1.54, 1.807) is 6.33 Å². The van der Waals surface area contributed by atoms with Gasteiger partial charge in [0.1, 0.15) is 23.5 Å². The summed E-state index contributed by atoms with van der Waals surface area (Å²) in [6.07, 6.45) is 1.56. The molecule has 3 aromatic rings. The van der Waals surface area contributed by atoms with E-state index in [-0.39, 0.29) is 6.04 Å². The molecule has 0 saturated heterocycles. The molecule has 0 bridgehead atoms. The molecule has 0 spiro atoms. The van der Waals surface area contributed by atoms with E-state index in [4.69, 9.17) is 4.42 Å². The number of nitrogens with zero attached hydrogens (tertiary/aromatic N) is 2. The van der Waals surface area contributed by atoms with Gasteiger partial charge in [0, 0.05) is 17.1 Å². The maximum Gasteiger partial charge on any atom is 0.134 e. The zero-order valence-electron chi connectivity index (χ0n) is 10.9. The van der Waals surface area contributed by atoms with E-state index < -0.39 is 0 Å². The molecule has 4 nitrogen and oxygen atoms in total. The lowest BCUT2D eigenvalue weighted by Gasteiger charge is -2.11. The standard InChI is InChI=1S/C15H15N3O/c1-10-7-15(17-9-16-10)18-11(2)14-8-12-5-3-4-6-13(12)19-14/h3-9,11H,1-2H3,(H,16,17,18)/t11-/m1/s1. The van der Waals surface area contributed by atoms with Crippen LogP contribution in [-0.4, -0.2) is 9.97 Å². The van der Waals surface area contributed by atoms with Crippen LogP contribution in [0, 0.1) is 6.92 Å². The summed E-state index contributed by atoms with van der Waals surface area (Å²) in [7, 11) is 0. The predicted octanol–water partition coefficient (Wildman–Crippen LogP) is 3.70. The Bertz CT molecular complexity index is 672. The van der Waals surface area contributed by atoms with Gasteiger partial charge in [-0.05, 0) is 26.0 Å². The molecule has 19 heavy (non-hydrogen) atoms. The van der Waals surface area contributed by atoms with Gasteiger partial charge >= 0.3 is 0 Å². The Kier molecular flexibility index (Phi) is 2.91. The van der Waals surface area contributed by atoms with Crippen LogP contribution in [0.25, 0.3) is 11.0 Å². The van der Waals surface area contributed by atoms with Gasteiger partial charge in [0.25, 0.3) is 0 Å². The number of nitrogens with one attached hydrogen (secondary N) is 1. The summed E-state index contributed by atoms with van der Waals surface area (Å²) >= 11 is 0. The lowest BCUT2D eigenvalue weighted by atomic mass is 10.2. The van der Waals surface area contributed by atoms with Crippen LogP contribution in [0.15, 0.2) is 47.1 Å². The molecule has 0 aliphatic rings. The van der Waals surface area contributed by atoms with Gasteiger partial charge in [0.05, 0.1) is 6.04 Å². The highest BCUT2D eigenvalue weighted by Gasteiger charge is 2.11. The smallest absolute Gasteiger partial charge is 0.134 e. The molecule has 0 fully saturated rings. The van der Waals surface area contributed by atoms with Crippen LogP contribution in [-0.2, 0) is 0 Å². The van der Waals surface area contributed by atoms with Crippen LogP contribution in [0.5, 0.6) is 0 Å². The van der Waals surface area contributed by atoms with Crippen molar-refractivity contribution in [2.45, 2.75) is 19.9 Å². The number of hydrogen-bond donors (Lipinski definition) is 1. The summed E-state index contributed by atoms with van der Waals surface area (Å²) in [6.45, 7) is 3.99. The fourth-order valence-corrected chi connectivity index (χ4v) is 2.04. The van der Waals surface area contributed by atoms with Crippen LogP contribution in [0.3, 0.4) is 0 Å². The highest BCUT2D eigenvalue weighted by Crippen LogP contribution is 2.25. The Hall–Kier alpha value is -2.36. The molecule has 0 aliphatic heterocycles. The largest absolute Gasteiger partial charge is 0.459 e. The Balaban J connectivity index is 1.85. The number of benzene rings is 1. The second-order valence-electron chi connectivity index (χ2n) is 4.60. The van der Waals surface area contributed by atoms with Crippen LogP contribution in [0.1, 0.15) is 24.4 Å². The minimum Gasteiger partial charge on any atom is -0.459 e. The lowest BCUT2D eigenvalue weighted by Crippen LogP contribution is -2.07. The minimum atomic E-state index is 0.0571. The van der Waals surface area contributed by atoms with Crippen molar-refractivity contribution in [2.75, 3.05) is 5.32 Å². The van der Waals surface area contributed by atoms with Crippen LogP contribution in [0.4, 0.5) is 5.82 Å². The molecule has 2 aromatic heterocycles. The summed E-state index contributed by atoms with van der Waals surface area (Å²) in [4.78, 5) is 8.28. The predicted molar refractivity (Wildman–Crippen MR) is 75.0 cm³/mol. The van der Waals surface area contributed by atoms with E-state index in [1.807, 2.05) is 37.3 Å². The molecule has 0 radical (unpaired) electrons. The van der Waals surface area contributed by atoms with Crippen molar-refractivity contribution < 1.29 is 4.42 Å². The number of para-hydroxylation sites is 1. The molecule has 2 heterocycles. The summed E-state index contributed by atoms with van der Waals surface area (Å²) in [5, 5.41) is 4.43. The normalized spacial score (nSPS) is 12.5. The van der Waals surface area contributed by atoms with Gasteiger partial charge in [-0.3, -0.25) is 0 Å². The molecule has 1 N–H and O–H groups in total. The van der Waals surface area contributed by atoms with Gasteiger partial charge < -0.3 is 9.73 Å². The van der Waals surface area contributed by atoms with Crippen molar-refractivity contribution in [1.29, 1.82) is 0 Å². The van der Waals surface area contributed by atoms with Crippen molar-refractivity contribution >= 4 is 16.8 Å². The number of aryl methyl sites for hydroxylation is 1. The maximum atomic E-state index is 5.83. The van der Waals surface area contributed by atoms with E-state index >= 15 is 0 Å². The van der Waals surface area contributed by atoms with E-state index in [1.165, 1.54) is 0 Å². The summed E-state index contributed by atoms with van der Waals surface area (Å²) < 4.78 is 5.83. The molecule has 1 atom stereocenters. The van der Waals surface area contributed by atoms with Gasteiger partial charge in [-0.15, -0.1) is 0 Å². The molecule has 0 unspecified atom stereocenters. The number of rotatable bonds is 3. The van der Waals surface area contributed by atoms with Crippen molar-refractivity contribution in [1.82, 2.24) is 9.97 Å². The molecule has 0 amide bonds. The SMILES string of the molecule is Cc1cc(N[C@H](C)c2cc3ccccc3o2)ncn1. The van der Waals surface area contributed by atoms with E-state index in [0.717, 1.165) is 28.2 Å². The third kappa shape index (κ3) is 2.42. The van der Waals surface area contributed by atoms with Crippen molar-refractivity contribution in [3.8, 4) is 0 Å². The number of anilines is 1. The average molecular weight is 253 g/mol. The molecule has 0 saturated carbocycles. The highest BCUT2D eigenvalue weighted by atomic mass is 16.3. The second-order valence-corrected chi connectivity index (χ2v) is 4.60. The molecule has 3 rings (SSSR count). The zero-order valence-corrected chi connectivity index (χ0v) is 10.9. The minimum absolute atomic E-state index is 0.0571. The van der Waals surface area contributed by atoms with Crippen LogP contribution in [0.2, 0.25) is 0 Å². The zero-order chi connectivity index (χ0) is 13.2. The summed E-state index contributed by atoms with van der Waals surface area (Å²) in [5.74, 6) is 1.71. The van der Waals surface area contributed by atoms with Crippen molar-refractivity contribution in [3.63, 3.8) is 0 Å². The fraction of sp³-hybridized carbons (Fsp3) is 0.200. The monoisotopic (exact) mass is 253 g/mol. The topological polar surface area (TPSA) is 51.0 Å². The van der Waals surface area contributed by atoms with E-state index in [0.29, 0.717) is 0 Å². The fourth-order valence-electron chi connectivity index (χ4n) is 2.04. The van der Waals surface area contributed by atoms with Gasteiger partial charge in [-0.1, -0.05) is 18.2 Å². The first-order chi connectivity index (χ1) is 9.22. The molecular formula is C15H15N3O. The first-order valence-corrected chi connectivity index (χ1v) is 6.26. The van der Waals surface area contributed by atoms with Crippen LogP contribution >= 0.6 is 0 Å². The van der Waals surface area contributed by atoms with Crippen LogP contribution < -0.4 is 5.32 Å². The molecule has 4 heteroatoms. The Morgan fingerprint density at radius 2 is 2.00 bits per heavy atom. The Morgan fingerprint density at radius 3 is 2.79 bits per heavy atom. The molecule has 0 aliphatic carbocycles. The summed E-state index contributed by atoms with van der Waals surface area (Å²) in [5.41, 5.74) is 1.85. The molecular weight excluding hydrogens is 238 g/mol. The lowest BCUT2D eigenvalue weighted by molar-refractivity contribution is 0.525. The number of aromatic nitrogens is 2. The highest BCUT2D eigenvalue weighted by molar-refractivity contribution is 5.77. The first-order valence-electron chi connectivity index (χ1n) is 6.26. The summed E-state index contributed by atoms with van der Waals surface area (Å²) in [6, 6.07) is 12.0. The second kappa shape index (κ2) is 4.72. The number of hydrogen-bond acceptors (Lipinski definition) is 4. The van der Waals surface area contributed by atoms with Gasteiger partial charge in [0.2, 0.25) is 0 Å². The molecule has 1 aromatic carbocycles. The van der Waals surface area contributed by atoms with Gasteiger partial charge in [-0.25, -0.2) is 9.97 Å². The first kappa shape index (κ1) is 11.7. The van der Waals surface area contributed by atoms with Crippen molar-refractivity contribution in [2.24, 2.45) is 0 Å². The quantitative estimate of drug-likeness (QED) is 0.773. The maximum absolute atomic E-state index is 5.83.